The number of nitrogens with zero attached hydrogens (tertiary/aromatic N) is 1. The van der Waals surface area contributed by atoms with Gasteiger partial charge in [0.05, 0.1) is 0 Å². The van der Waals surface area contributed by atoms with Gasteiger partial charge in [-0.1, -0.05) is 18.7 Å². The molecule has 0 saturated carbocycles. The molecular formula is C16H14N2O2S. The molecule has 0 bridgehead atoms. The molecule has 0 saturated heterocycles. The predicted molar refractivity (Wildman–Crippen MR) is 85.3 cm³/mol. The number of benzene rings is 1. The summed E-state index contributed by atoms with van der Waals surface area (Å²) in [6.07, 6.45) is 4.78. The Kier molecular flexibility index (Phi) is 3.58. The van der Waals surface area contributed by atoms with Gasteiger partial charge in [0.1, 0.15) is 6.04 Å². The number of hydrogen-bond donors (Lipinski definition) is 1. The fourth-order valence-corrected chi connectivity index (χ4v) is 3.13. The van der Waals surface area contributed by atoms with Crippen molar-refractivity contribution in [2.45, 2.75) is 6.04 Å². The SMILES string of the molecule is C=CC(=O)N1CC=C[C@H]1C(=O)Nc1ccc2sccc2c1. The van der Waals surface area contributed by atoms with Crippen molar-refractivity contribution < 1.29 is 9.59 Å². The molecule has 5 heteroatoms. The van der Waals surface area contributed by atoms with Gasteiger partial charge >= 0.3 is 0 Å². The summed E-state index contributed by atoms with van der Waals surface area (Å²) in [6.45, 7) is 3.90. The summed E-state index contributed by atoms with van der Waals surface area (Å²) < 4.78 is 1.18. The van der Waals surface area contributed by atoms with Gasteiger partial charge in [-0.2, -0.15) is 0 Å². The molecule has 0 radical (unpaired) electrons. The van der Waals surface area contributed by atoms with Crippen LogP contribution in [0.25, 0.3) is 10.1 Å². The maximum absolute atomic E-state index is 12.3. The first kappa shape index (κ1) is 13.6. The highest BCUT2D eigenvalue weighted by atomic mass is 32.1. The van der Waals surface area contributed by atoms with E-state index < -0.39 is 6.04 Å². The molecule has 1 aliphatic rings. The van der Waals surface area contributed by atoms with Crippen LogP contribution in [0, 0.1) is 0 Å². The zero-order chi connectivity index (χ0) is 14.8. The summed E-state index contributed by atoms with van der Waals surface area (Å²) in [4.78, 5) is 25.5. The minimum absolute atomic E-state index is 0.214. The monoisotopic (exact) mass is 298 g/mol. The third kappa shape index (κ3) is 2.60. The second-order valence-electron chi connectivity index (χ2n) is 4.73. The van der Waals surface area contributed by atoms with Crippen molar-refractivity contribution in [1.82, 2.24) is 4.90 Å². The number of rotatable bonds is 3. The smallest absolute Gasteiger partial charge is 0.251 e. The number of anilines is 1. The van der Waals surface area contributed by atoms with Crippen LogP contribution in [-0.4, -0.2) is 29.3 Å². The van der Waals surface area contributed by atoms with Gasteiger partial charge in [-0.25, -0.2) is 0 Å². The fraction of sp³-hybridized carbons (Fsp3) is 0.125. The molecule has 106 valence electrons. The van der Waals surface area contributed by atoms with Crippen LogP contribution in [-0.2, 0) is 9.59 Å². The van der Waals surface area contributed by atoms with Crippen molar-refractivity contribution in [1.29, 1.82) is 0 Å². The van der Waals surface area contributed by atoms with E-state index in [1.165, 1.54) is 15.7 Å². The minimum atomic E-state index is -0.575. The van der Waals surface area contributed by atoms with Crippen molar-refractivity contribution in [3.8, 4) is 0 Å². The lowest BCUT2D eigenvalue weighted by atomic mass is 10.2. The first-order chi connectivity index (χ1) is 10.2. The van der Waals surface area contributed by atoms with Crippen LogP contribution in [0.3, 0.4) is 0 Å². The predicted octanol–water partition coefficient (Wildman–Crippen LogP) is 2.79. The van der Waals surface area contributed by atoms with Crippen LogP contribution in [0.1, 0.15) is 0 Å². The Morgan fingerprint density at radius 2 is 2.24 bits per heavy atom. The first-order valence-electron chi connectivity index (χ1n) is 6.57. The van der Waals surface area contributed by atoms with Crippen molar-refractivity contribution in [2.75, 3.05) is 11.9 Å². The number of fused-ring (bicyclic) bond motifs is 1. The number of carbonyl (C=O) groups is 2. The summed E-state index contributed by atoms with van der Waals surface area (Å²) in [5, 5.41) is 5.97. The number of carbonyl (C=O) groups excluding carboxylic acids is 2. The molecule has 2 aromatic rings. The number of nitrogens with one attached hydrogen (secondary N) is 1. The summed E-state index contributed by atoms with van der Waals surface area (Å²) in [7, 11) is 0. The van der Waals surface area contributed by atoms with Gasteiger partial charge in [-0.3, -0.25) is 9.59 Å². The summed E-state index contributed by atoms with van der Waals surface area (Å²) in [6, 6.07) is 7.22. The molecule has 2 heterocycles. The number of thiophene rings is 1. The van der Waals surface area contributed by atoms with E-state index >= 15 is 0 Å². The molecular weight excluding hydrogens is 284 g/mol. The highest BCUT2D eigenvalue weighted by molar-refractivity contribution is 7.17. The Morgan fingerprint density at radius 1 is 1.38 bits per heavy atom. The average molecular weight is 298 g/mol. The molecule has 1 aliphatic heterocycles. The van der Waals surface area contributed by atoms with Gasteiger partial charge in [0, 0.05) is 16.9 Å². The molecule has 0 unspecified atom stereocenters. The molecule has 0 fully saturated rings. The molecule has 0 spiro atoms. The summed E-state index contributed by atoms with van der Waals surface area (Å²) in [5.41, 5.74) is 0.734. The van der Waals surface area contributed by atoms with Crippen LogP contribution >= 0.6 is 11.3 Å². The lowest BCUT2D eigenvalue weighted by Crippen LogP contribution is -2.42. The normalized spacial score (nSPS) is 17.1. The van der Waals surface area contributed by atoms with E-state index in [-0.39, 0.29) is 11.8 Å². The molecule has 21 heavy (non-hydrogen) atoms. The van der Waals surface area contributed by atoms with Crippen LogP contribution in [0.15, 0.2) is 54.5 Å². The van der Waals surface area contributed by atoms with Crippen molar-refractivity contribution in [3.63, 3.8) is 0 Å². The zero-order valence-electron chi connectivity index (χ0n) is 11.3. The average Bonchev–Trinajstić information content (AvgIpc) is 3.14. The second kappa shape index (κ2) is 5.54. The van der Waals surface area contributed by atoms with Gasteiger partial charge in [0.15, 0.2) is 0 Å². The molecule has 3 rings (SSSR count). The van der Waals surface area contributed by atoms with Gasteiger partial charge in [-0.05, 0) is 41.1 Å². The largest absolute Gasteiger partial charge is 0.324 e. The molecule has 0 aliphatic carbocycles. The molecule has 2 amide bonds. The Balaban J connectivity index is 1.77. The van der Waals surface area contributed by atoms with E-state index in [2.05, 4.69) is 11.9 Å². The first-order valence-corrected chi connectivity index (χ1v) is 7.45. The minimum Gasteiger partial charge on any atom is -0.324 e. The second-order valence-corrected chi connectivity index (χ2v) is 5.68. The Labute approximate surface area is 126 Å². The van der Waals surface area contributed by atoms with Gasteiger partial charge < -0.3 is 10.2 Å². The third-order valence-electron chi connectivity index (χ3n) is 3.40. The zero-order valence-corrected chi connectivity index (χ0v) is 12.1. The van der Waals surface area contributed by atoms with Crippen LogP contribution in [0.5, 0.6) is 0 Å². The standard InChI is InChI=1S/C16H14N2O2S/c1-2-15(19)18-8-3-4-13(18)16(20)17-12-5-6-14-11(10-12)7-9-21-14/h2-7,9-10,13H,1,8H2,(H,17,20)/t13-/m0/s1. The Hall–Kier alpha value is -2.40. The van der Waals surface area contributed by atoms with E-state index in [4.69, 9.17) is 0 Å². The van der Waals surface area contributed by atoms with Crippen LogP contribution in [0.2, 0.25) is 0 Å². The topological polar surface area (TPSA) is 49.4 Å². The molecule has 1 N–H and O–H groups in total. The van der Waals surface area contributed by atoms with Crippen LogP contribution in [0.4, 0.5) is 5.69 Å². The molecule has 4 nitrogen and oxygen atoms in total. The fourth-order valence-electron chi connectivity index (χ4n) is 2.35. The highest BCUT2D eigenvalue weighted by Gasteiger charge is 2.29. The van der Waals surface area contributed by atoms with Crippen LogP contribution < -0.4 is 5.32 Å². The van der Waals surface area contributed by atoms with Gasteiger partial charge in [0.25, 0.3) is 5.91 Å². The number of amides is 2. The maximum Gasteiger partial charge on any atom is 0.251 e. The summed E-state index contributed by atoms with van der Waals surface area (Å²) in [5.74, 6) is -0.457. The van der Waals surface area contributed by atoms with Crippen molar-refractivity contribution in [3.05, 3.63) is 54.5 Å². The summed E-state index contributed by atoms with van der Waals surface area (Å²) >= 11 is 1.66. The molecule has 1 aromatic carbocycles. The van der Waals surface area contributed by atoms with Gasteiger partial charge in [-0.15, -0.1) is 11.3 Å². The van der Waals surface area contributed by atoms with Crippen molar-refractivity contribution >= 4 is 38.9 Å². The maximum atomic E-state index is 12.3. The lowest BCUT2D eigenvalue weighted by Gasteiger charge is -2.22. The highest BCUT2D eigenvalue weighted by Crippen LogP contribution is 2.24. The van der Waals surface area contributed by atoms with E-state index in [1.54, 1.807) is 17.4 Å². The quantitative estimate of drug-likeness (QED) is 0.700. The Bertz CT molecular complexity index is 748. The molecule has 1 atom stereocenters. The van der Waals surface area contributed by atoms with E-state index in [1.807, 2.05) is 35.7 Å². The van der Waals surface area contributed by atoms with Gasteiger partial charge in [0.2, 0.25) is 5.91 Å². The Morgan fingerprint density at radius 3 is 3.05 bits per heavy atom. The van der Waals surface area contributed by atoms with E-state index in [0.29, 0.717) is 6.54 Å². The lowest BCUT2D eigenvalue weighted by molar-refractivity contribution is -0.131. The van der Waals surface area contributed by atoms with Crippen molar-refractivity contribution in [2.24, 2.45) is 0 Å². The molecule has 1 aromatic heterocycles. The van der Waals surface area contributed by atoms with E-state index in [9.17, 15) is 9.59 Å². The number of hydrogen-bond acceptors (Lipinski definition) is 3. The van der Waals surface area contributed by atoms with E-state index in [0.717, 1.165) is 11.1 Å². The third-order valence-corrected chi connectivity index (χ3v) is 4.30.